The summed E-state index contributed by atoms with van der Waals surface area (Å²) in [6.07, 6.45) is 4.77. The number of aliphatic hydroxyl groups is 1. The maximum Gasteiger partial charge on any atom is 0.0967 e. The van der Waals surface area contributed by atoms with E-state index < -0.39 is 5.60 Å². The van der Waals surface area contributed by atoms with Crippen molar-refractivity contribution in [3.8, 4) is 0 Å². The number of benzene rings is 2. The standard InChI is InChI=1S/C24H32ClNO2/c1-26(17-18-28-2)16-6-15-24(27)22-9-4-3-7-19(22)8-5-10-23(24)20-11-13-21(25)14-12-20/h3-4,7,9,11-14,23,27H,5-6,8,10,15-18H2,1-2H3/t23-,24-/m1/s1. The van der Waals surface area contributed by atoms with Crippen molar-refractivity contribution in [3.05, 3.63) is 70.2 Å². The van der Waals surface area contributed by atoms with Crippen molar-refractivity contribution in [2.75, 3.05) is 33.9 Å². The average molecular weight is 402 g/mol. The maximum absolute atomic E-state index is 12.1. The monoisotopic (exact) mass is 401 g/mol. The molecule has 3 nitrogen and oxygen atoms in total. The van der Waals surface area contributed by atoms with Gasteiger partial charge in [-0.05, 0) is 74.5 Å². The molecule has 0 heterocycles. The molecule has 2 aromatic carbocycles. The Hall–Kier alpha value is -1.39. The third-order valence-corrected chi connectivity index (χ3v) is 6.30. The van der Waals surface area contributed by atoms with E-state index in [1.165, 1.54) is 11.1 Å². The molecule has 0 amide bonds. The van der Waals surface area contributed by atoms with Gasteiger partial charge in [0.25, 0.3) is 0 Å². The Labute approximate surface area is 174 Å². The Kier molecular flexibility index (Phi) is 7.53. The van der Waals surface area contributed by atoms with Gasteiger partial charge in [-0.2, -0.15) is 0 Å². The van der Waals surface area contributed by atoms with E-state index in [1.807, 2.05) is 12.1 Å². The van der Waals surface area contributed by atoms with Crippen LogP contribution >= 0.6 is 11.6 Å². The largest absolute Gasteiger partial charge is 0.385 e. The molecule has 28 heavy (non-hydrogen) atoms. The van der Waals surface area contributed by atoms with Gasteiger partial charge in [0.2, 0.25) is 0 Å². The molecule has 0 aliphatic heterocycles. The fourth-order valence-corrected chi connectivity index (χ4v) is 4.63. The number of rotatable bonds is 8. The summed E-state index contributed by atoms with van der Waals surface area (Å²) in [4.78, 5) is 2.27. The molecule has 152 valence electrons. The molecule has 0 radical (unpaired) electrons. The molecule has 0 aromatic heterocycles. The van der Waals surface area contributed by atoms with E-state index in [0.717, 1.165) is 62.4 Å². The van der Waals surface area contributed by atoms with Crippen molar-refractivity contribution in [3.63, 3.8) is 0 Å². The lowest BCUT2D eigenvalue weighted by Crippen LogP contribution is -2.35. The quantitative estimate of drug-likeness (QED) is 0.631. The first-order valence-corrected chi connectivity index (χ1v) is 10.7. The number of ether oxygens (including phenoxy) is 1. The number of likely N-dealkylation sites (N-methyl/N-ethyl adjacent to an activating group) is 1. The normalized spacial score (nSPS) is 22.1. The summed E-state index contributed by atoms with van der Waals surface area (Å²) in [6.45, 7) is 2.59. The lowest BCUT2D eigenvalue weighted by molar-refractivity contribution is -0.00671. The molecule has 0 bridgehead atoms. The first kappa shape index (κ1) is 21.3. The van der Waals surface area contributed by atoms with Gasteiger partial charge >= 0.3 is 0 Å². The number of fused-ring (bicyclic) bond motifs is 1. The highest BCUT2D eigenvalue weighted by Gasteiger charge is 2.41. The molecule has 0 fully saturated rings. The minimum Gasteiger partial charge on any atom is -0.385 e. The minimum absolute atomic E-state index is 0.0812. The Morgan fingerprint density at radius 1 is 1.14 bits per heavy atom. The van der Waals surface area contributed by atoms with Gasteiger partial charge in [0.1, 0.15) is 0 Å². The van der Waals surface area contributed by atoms with E-state index in [4.69, 9.17) is 16.3 Å². The maximum atomic E-state index is 12.1. The van der Waals surface area contributed by atoms with Gasteiger partial charge in [0, 0.05) is 24.6 Å². The summed E-state index contributed by atoms with van der Waals surface area (Å²) >= 11 is 6.12. The number of halogens is 1. The Balaban J connectivity index is 1.86. The fourth-order valence-electron chi connectivity index (χ4n) is 4.51. The van der Waals surface area contributed by atoms with E-state index in [1.54, 1.807) is 7.11 Å². The number of nitrogens with zero attached hydrogens (tertiary/aromatic N) is 1. The molecular weight excluding hydrogens is 370 g/mol. The number of methoxy groups -OCH3 is 1. The van der Waals surface area contributed by atoms with Crippen molar-refractivity contribution in [1.82, 2.24) is 4.90 Å². The minimum atomic E-state index is -0.858. The van der Waals surface area contributed by atoms with Crippen LogP contribution in [-0.4, -0.2) is 43.9 Å². The van der Waals surface area contributed by atoms with Crippen molar-refractivity contribution in [2.45, 2.75) is 43.6 Å². The van der Waals surface area contributed by atoms with E-state index in [2.05, 4.69) is 48.3 Å². The molecule has 1 N–H and O–H groups in total. The Morgan fingerprint density at radius 2 is 1.89 bits per heavy atom. The molecule has 1 aliphatic carbocycles. The van der Waals surface area contributed by atoms with Crippen LogP contribution in [0.3, 0.4) is 0 Å². The molecule has 2 atom stereocenters. The van der Waals surface area contributed by atoms with Crippen LogP contribution in [0.15, 0.2) is 48.5 Å². The van der Waals surface area contributed by atoms with E-state index >= 15 is 0 Å². The lowest BCUT2D eigenvalue weighted by atomic mass is 9.73. The zero-order valence-electron chi connectivity index (χ0n) is 17.0. The topological polar surface area (TPSA) is 32.7 Å². The van der Waals surface area contributed by atoms with Crippen molar-refractivity contribution in [1.29, 1.82) is 0 Å². The first-order chi connectivity index (χ1) is 13.5. The predicted molar refractivity (Wildman–Crippen MR) is 116 cm³/mol. The molecule has 0 saturated heterocycles. The summed E-state index contributed by atoms with van der Waals surface area (Å²) in [6, 6.07) is 16.5. The first-order valence-electron chi connectivity index (χ1n) is 10.3. The third-order valence-electron chi connectivity index (χ3n) is 6.05. The van der Waals surface area contributed by atoms with Gasteiger partial charge in [-0.15, -0.1) is 0 Å². The summed E-state index contributed by atoms with van der Waals surface area (Å²) in [7, 11) is 3.84. The van der Waals surface area contributed by atoms with Crippen LogP contribution in [0.1, 0.15) is 48.3 Å². The second-order valence-corrected chi connectivity index (χ2v) is 8.41. The van der Waals surface area contributed by atoms with Crippen LogP contribution in [0.25, 0.3) is 0 Å². The summed E-state index contributed by atoms with van der Waals surface area (Å²) in [5.41, 5.74) is 2.71. The van der Waals surface area contributed by atoms with Crippen molar-refractivity contribution < 1.29 is 9.84 Å². The van der Waals surface area contributed by atoms with Crippen LogP contribution in [-0.2, 0) is 16.8 Å². The highest BCUT2D eigenvalue weighted by atomic mass is 35.5. The van der Waals surface area contributed by atoms with Gasteiger partial charge in [0.15, 0.2) is 0 Å². The summed E-state index contributed by atoms with van der Waals surface area (Å²) in [5.74, 6) is 0.0812. The molecule has 4 heteroatoms. The summed E-state index contributed by atoms with van der Waals surface area (Å²) < 4.78 is 5.17. The zero-order chi connectivity index (χ0) is 20.0. The van der Waals surface area contributed by atoms with Gasteiger partial charge in [0.05, 0.1) is 12.2 Å². The number of aryl methyl sites for hydroxylation is 1. The SMILES string of the molecule is COCCN(C)CCC[C@@]1(O)c2ccccc2CCC[C@@H]1c1ccc(Cl)cc1. The van der Waals surface area contributed by atoms with Crippen LogP contribution in [0.5, 0.6) is 0 Å². The van der Waals surface area contributed by atoms with Crippen LogP contribution in [0, 0.1) is 0 Å². The predicted octanol–water partition coefficient (Wildman–Crippen LogP) is 5.01. The van der Waals surface area contributed by atoms with Crippen molar-refractivity contribution in [2.24, 2.45) is 0 Å². The van der Waals surface area contributed by atoms with E-state index in [0.29, 0.717) is 0 Å². The van der Waals surface area contributed by atoms with Gasteiger partial charge in [-0.1, -0.05) is 48.0 Å². The third kappa shape index (κ3) is 4.96. The number of hydrogen-bond donors (Lipinski definition) is 1. The summed E-state index contributed by atoms with van der Waals surface area (Å²) in [5, 5.41) is 12.8. The van der Waals surface area contributed by atoms with Crippen LogP contribution in [0.2, 0.25) is 5.02 Å². The molecule has 1 aliphatic rings. The highest BCUT2D eigenvalue weighted by molar-refractivity contribution is 6.30. The zero-order valence-corrected chi connectivity index (χ0v) is 17.8. The lowest BCUT2D eigenvalue weighted by Gasteiger charge is -2.37. The molecule has 2 aromatic rings. The Bertz CT molecular complexity index is 749. The second-order valence-electron chi connectivity index (χ2n) is 7.98. The molecule has 0 saturated carbocycles. The van der Waals surface area contributed by atoms with E-state index in [-0.39, 0.29) is 5.92 Å². The van der Waals surface area contributed by atoms with Crippen molar-refractivity contribution >= 4 is 11.6 Å². The van der Waals surface area contributed by atoms with E-state index in [9.17, 15) is 5.11 Å². The smallest absolute Gasteiger partial charge is 0.0967 e. The average Bonchev–Trinajstić information content (AvgIpc) is 2.84. The van der Waals surface area contributed by atoms with Gasteiger partial charge in [-0.3, -0.25) is 0 Å². The van der Waals surface area contributed by atoms with Crippen LogP contribution in [0.4, 0.5) is 0 Å². The highest BCUT2D eigenvalue weighted by Crippen LogP contribution is 2.47. The second kappa shape index (κ2) is 9.89. The van der Waals surface area contributed by atoms with Gasteiger partial charge < -0.3 is 14.7 Å². The number of hydrogen-bond acceptors (Lipinski definition) is 3. The van der Waals surface area contributed by atoms with Gasteiger partial charge in [-0.25, -0.2) is 0 Å². The molecule has 0 spiro atoms. The molecule has 3 rings (SSSR count). The fraction of sp³-hybridized carbons (Fsp3) is 0.500. The molecular formula is C24H32ClNO2. The molecule has 0 unspecified atom stereocenters. The van der Waals surface area contributed by atoms with Crippen LogP contribution < -0.4 is 0 Å². The Morgan fingerprint density at radius 3 is 2.64 bits per heavy atom.